The maximum atomic E-state index is 15.4. The molecule has 3 fully saturated rings. The van der Waals surface area contributed by atoms with Crippen molar-refractivity contribution in [2.24, 2.45) is 17.8 Å². The summed E-state index contributed by atoms with van der Waals surface area (Å²) in [6.07, 6.45) is 4.56. The Morgan fingerprint density at radius 1 is 0.909 bits per heavy atom. The van der Waals surface area contributed by atoms with Gasteiger partial charge in [0.15, 0.2) is 0 Å². The zero-order valence-electron chi connectivity index (χ0n) is 25.4. The normalized spacial score (nSPS) is 23.2. The number of likely N-dealkylation sites (tertiary alicyclic amines) is 1. The van der Waals surface area contributed by atoms with Crippen molar-refractivity contribution in [1.82, 2.24) is 4.90 Å². The Bertz CT molecular complexity index is 1560. The number of nitriles is 1. The largest absolute Gasteiger partial charge is 0.378 e. The number of rotatable bonds is 10. The lowest BCUT2D eigenvalue weighted by molar-refractivity contribution is -0.00351. The topological polar surface area (TPSA) is 73.6 Å². The molecule has 0 radical (unpaired) electrons. The minimum Gasteiger partial charge on any atom is -0.378 e. The van der Waals surface area contributed by atoms with Gasteiger partial charge in [0.25, 0.3) is 0 Å². The summed E-state index contributed by atoms with van der Waals surface area (Å²) in [6.45, 7) is 7.26. The van der Waals surface area contributed by atoms with Gasteiger partial charge in [-0.1, -0.05) is 42.8 Å². The quantitative estimate of drug-likeness (QED) is 0.260. The van der Waals surface area contributed by atoms with E-state index in [0.717, 1.165) is 70.5 Å². The average molecular weight is 616 g/mol. The molecule has 3 aromatic rings. The number of benzene rings is 3. The summed E-state index contributed by atoms with van der Waals surface area (Å²) < 4.78 is 47.4. The molecule has 0 spiro atoms. The summed E-state index contributed by atoms with van der Waals surface area (Å²) in [7, 11) is -3.52. The van der Waals surface area contributed by atoms with E-state index in [0.29, 0.717) is 27.9 Å². The van der Waals surface area contributed by atoms with Crippen LogP contribution in [0.15, 0.2) is 88.7 Å². The minimum absolute atomic E-state index is 0.00448. The predicted octanol–water partition coefficient (Wildman–Crippen LogP) is 6.47. The van der Waals surface area contributed by atoms with Crippen LogP contribution in [0, 0.1) is 34.9 Å². The molecular weight excluding hydrogens is 573 g/mol. The van der Waals surface area contributed by atoms with Gasteiger partial charge in [0.05, 0.1) is 27.4 Å². The fraction of sp³-hybridized carbons (Fsp3) is 0.472. The van der Waals surface area contributed by atoms with Crippen LogP contribution in [0.4, 0.5) is 10.1 Å². The van der Waals surface area contributed by atoms with Crippen molar-refractivity contribution >= 4 is 15.5 Å². The molecule has 2 heterocycles. The van der Waals surface area contributed by atoms with Crippen molar-refractivity contribution in [3.63, 3.8) is 0 Å². The number of anilines is 1. The lowest BCUT2D eigenvalue weighted by Gasteiger charge is -2.48. The Morgan fingerprint density at radius 2 is 1.57 bits per heavy atom. The van der Waals surface area contributed by atoms with Gasteiger partial charge in [-0.15, -0.1) is 0 Å². The third-order valence-electron chi connectivity index (χ3n) is 10.2. The van der Waals surface area contributed by atoms with E-state index in [1.165, 1.54) is 6.07 Å². The number of sulfone groups is 1. The summed E-state index contributed by atoms with van der Waals surface area (Å²) in [5, 5.41) is 10.8. The maximum absolute atomic E-state index is 15.4. The van der Waals surface area contributed by atoms with E-state index in [9.17, 15) is 13.7 Å². The van der Waals surface area contributed by atoms with Crippen LogP contribution in [0.1, 0.15) is 44.6 Å². The van der Waals surface area contributed by atoms with E-state index in [1.807, 2.05) is 37.3 Å². The predicted molar refractivity (Wildman–Crippen MR) is 170 cm³/mol. The fourth-order valence-electron chi connectivity index (χ4n) is 8.02. The second-order valence-corrected chi connectivity index (χ2v) is 14.6. The van der Waals surface area contributed by atoms with Gasteiger partial charge in [-0.3, -0.25) is 0 Å². The smallest absolute Gasteiger partial charge is 0.206 e. The molecule has 232 valence electrons. The average Bonchev–Trinajstić information content (AvgIpc) is 3.50. The van der Waals surface area contributed by atoms with Crippen LogP contribution in [0.3, 0.4) is 0 Å². The van der Waals surface area contributed by atoms with Gasteiger partial charge in [-0.25, -0.2) is 12.8 Å². The summed E-state index contributed by atoms with van der Waals surface area (Å²) in [6, 6.07) is 25.4. The van der Waals surface area contributed by atoms with E-state index in [1.54, 1.807) is 42.5 Å². The van der Waals surface area contributed by atoms with Crippen LogP contribution >= 0.6 is 0 Å². The highest BCUT2D eigenvalue weighted by Gasteiger charge is 2.53. The van der Waals surface area contributed by atoms with E-state index in [-0.39, 0.29) is 23.8 Å². The van der Waals surface area contributed by atoms with Crippen molar-refractivity contribution in [2.75, 3.05) is 44.2 Å². The molecule has 6 nitrogen and oxygen atoms in total. The number of hydrogen-bond acceptors (Lipinski definition) is 6. The molecule has 1 unspecified atom stereocenters. The van der Waals surface area contributed by atoms with Gasteiger partial charge >= 0.3 is 0 Å². The monoisotopic (exact) mass is 615 g/mol. The highest BCUT2D eigenvalue weighted by molar-refractivity contribution is 7.91. The fourth-order valence-corrected chi connectivity index (χ4v) is 9.30. The second-order valence-electron chi connectivity index (χ2n) is 12.6. The Balaban J connectivity index is 1.07. The highest BCUT2D eigenvalue weighted by atomic mass is 32.2. The lowest BCUT2D eigenvalue weighted by atomic mass is 9.59. The molecular formula is C36H42FN3O3S. The Labute approximate surface area is 261 Å². The van der Waals surface area contributed by atoms with Crippen LogP contribution < -0.4 is 4.90 Å². The van der Waals surface area contributed by atoms with Gasteiger partial charge in [-0.2, -0.15) is 5.26 Å². The molecule has 0 N–H and O–H groups in total. The standard InChI is InChI=1S/C36H42FN3O3S/c1-2-43-35-14-8-12-33(35)36(26-38,32-11-6-7-13-34(32)37)28-19-21-39(22-20-28)23-27-24-40(25-27)29-15-17-31(18-16-29)44(41,42)30-9-4-3-5-10-30/h3-7,9-11,13,15-18,27-28,33,35H,2,8,12,14,19-25H2,1H3/t33-,35-,36?/m1/s1. The summed E-state index contributed by atoms with van der Waals surface area (Å²) in [5.41, 5.74) is 0.701. The van der Waals surface area contributed by atoms with Crippen molar-refractivity contribution in [3.8, 4) is 6.07 Å². The number of piperidine rings is 1. The van der Waals surface area contributed by atoms with Crippen LogP contribution in [-0.2, 0) is 20.0 Å². The molecule has 3 aliphatic rings. The summed E-state index contributed by atoms with van der Waals surface area (Å²) in [4.78, 5) is 5.41. The molecule has 8 heteroatoms. The van der Waals surface area contributed by atoms with Crippen molar-refractivity contribution in [3.05, 3.63) is 90.2 Å². The van der Waals surface area contributed by atoms with Crippen LogP contribution in [0.25, 0.3) is 0 Å². The lowest BCUT2D eigenvalue weighted by Crippen LogP contribution is -2.54. The summed E-state index contributed by atoms with van der Waals surface area (Å²) >= 11 is 0. The first-order chi connectivity index (χ1) is 21.4. The zero-order valence-corrected chi connectivity index (χ0v) is 26.3. The van der Waals surface area contributed by atoms with Crippen LogP contribution in [0.2, 0.25) is 0 Å². The Kier molecular flexibility index (Phi) is 9.09. The second kappa shape index (κ2) is 13.0. The van der Waals surface area contributed by atoms with Crippen molar-refractivity contribution in [1.29, 1.82) is 5.26 Å². The van der Waals surface area contributed by atoms with E-state index >= 15 is 4.39 Å². The SMILES string of the molecule is CCO[C@@H]1CCC[C@H]1C(C#N)(c1ccccc1F)C1CCN(CC2CN(c3ccc(S(=O)(=O)c4ccccc4)cc3)C2)CC1. The molecule has 3 aromatic carbocycles. The molecule has 1 saturated carbocycles. The van der Waals surface area contributed by atoms with E-state index < -0.39 is 15.3 Å². The van der Waals surface area contributed by atoms with Gasteiger partial charge in [0, 0.05) is 49.3 Å². The third kappa shape index (κ3) is 5.78. The van der Waals surface area contributed by atoms with Crippen LogP contribution in [-0.4, -0.2) is 58.8 Å². The van der Waals surface area contributed by atoms with Gasteiger partial charge < -0.3 is 14.5 Å². The molecule has 0 bridgehead atoms. The first kappa shape index (κ1) is 30.8. The maximum Gasteiger partial charge on any atom is 0.206 e. The molecule has 0 amide bonds. The first-order valence-electron chi connectivity index (χ1n) is 16.0. The van der Waals surface area contributed by atoms with Gasteiger partial charge in [0.1, 0.15) is 5.82 Å². The highest BCUT2D eigenvalue weighted by Crippen LogP contribution is 2.51. The van der Waals surface area contributed by atoms with Crippen molar-refractivity contribution < 1.29 is 17.5 Å². The minimum atomic E-state index is -3.52. The zero-order chi connectivity index (χ0) is 30.7. The van der Waals surface area contributed by atoms with Gasteiger partial charge in [0.2, 0.25) is 9.84 Å². The molecule has 3 atom stereocenters. The Hall–Kier alpha value is -3.25. The number of nitrogens with zero attached hydrogens (tertiary/aromatic N) is 3. The van der Waals surface area contributed by atoms with E-state index in [2.05, 4.69) is 15.9 Å². The summed E-state index contributed by atoms with van der Waals surface area (Å²) in [5.74, 6) is 0.327. The molecule has 0 aromatic heterocycles. The number of halogens is 1. The third-order valence-corrected chi connectivity index (χ3v) is 12.0. The molecule has 6 rings (SSSR count). The van der Waals surface area contributed by atoms with Crippen molar-refractivity contribution in [2.45, 2.75) is 60.3 Å². The molecule has 2 aliphatic heterocycles. The molecule has 2 saturated heterocycles. The molecule has 1 aliphatic carbocycles. The number of ether oxygens (including phenoxy) is 1. The molecule has 44 heavy (non-hydrogen) atoms. The van der Waals surface area contributed by atoms with Gasteiger partial charge in [-0.05, 0) is 94.1 Å². The Morgan fingerprint density at radius 3 is 2.23 bits per heavy atom. The van der Waals surface area contributed by atoms with Crippen LogP contribution in [0.5, 0.6) is 0 Å². The van der Waals surface area contributed by atoms with E-state index in [4.69, 9.17) is 4.74 Å². The number of hydrogen-bond donors (Lipinski definition) is 0. The first-order valence-corrected chi connectivity index (χ1v) is 17.5.